The Morgan fingerprint density at radius 1 is 1.19 bits per heavy atom. The second-order valence-electron chi connectivity index (χ2n) is 5.35. The molecule has 0 radical (unpaired) electrons. The first-order valence-electron chi connectivity index (χ1n) is 7.25. The molecule has 0 aliphatic carbocycles. The topological polar surface area (TPSA) is 181 Å². The fourth-order valence-electron chi connectivity index (χ4n) is 2.37. The van der Waals surface area contributed by atoms with Crippen molar-refractivity contribution < 1.29 is 23.2 Å². The van der Waals surface area contributed by atoms with Crippen molar-refractivity contribution in [3.05, 3.63) is 58.1 Å². The Balaban J connectivity index is 1.94. The lowest BCUT2D eigenvalue weighted by Gasteiger charge is -1.98. The maximum atomic E-state index is 12.1. The van der Waals surface area contributed by atoms with E-state index in [0.29, 0.717) is 0 Å². The molecule has 138 valence electrons. The molecule has 3 rings (SSSR count). The molecule has 2 aromatic carbocycles. The van der Waals surface area contributed by atoms with Crippen molar-refractivity contribution in [2.45, 2.75) is 4.90 Å². The van der Waals surface area contributed by atoms with Crippen LogP contribution < -0.4 is 5.14 Å². The molecule has 27 heavy (non-hydrogen) atoms. The molecule has 12 heteroatoms. The highest BCUT2D eigenvalue weighted by Crippen LogP contribution is 2.39. The van der Waals surface area contributed by atoms with Crippen molar-refractivity contribution in [3.63, 3.8) is 0 Å². The van der Waals surface area contributed by atoms with Gasteiger partial charge in [-0.25, -0.2) is 13.6 Å². The number of fused-ring (bicyclic) bond motifs is 1. The Morgan fingerprint density at radius 3 is 2.44 bits per heavy atom. The number of non-ortho nitro benzene ring substituents is 1. The summed E-state index contributed by atoms with van der Waals surface area (Å²) in [4.78, 5) is 24.7. The first-order valence-corrected chi connectivity index (χ1v) is 8.80. The van der Waals surface area contributed by atoms with Gasteiger partial charge >= 0.3 is 0 Å². The van der Waals surface area contributed by atoms with Gasteiger partial charge < -0.3 is 10.1 Å². The molecule has 4 N–H and O–H groups in total. The summed E-state index contributed by atoms with van der Waals surface area (Å²) < 4.78 is 22.4. The number of hydrogen-bond acceptors (Lipinski definition) is 7. The fourth-order valence-corrected chi connectivity index (χ4v) is 2.88. The molecule has 1 amide bonds. The zero-order chi connectivity index (χ0) is 19.8. The first kappa shape index (κ1) is 18.2. The number of azo groups is 1. The van der Waals surface area contributed by atoms with Crippen LogP contribution in [0.4, 0.5) is 11.4 Å². The number of nitrogens with one attached hydrogen (secondary N) is 1. The minimum absolute atomic E-state index is 0.0384. The minimum atomic E-state index is -3.89. The lowest BCUT2D eigenvalue weighted by molar-refractivity contribution is -0.383. The molecule has 0 saturated heterocycles. The molecule has 0 unspecified atom stereocenters. The molecule has 0 bridgehead atoms. The molecular weight excluding hydrogens is 378 g/mol. The second-order valence-corrected chi connectivity index (χ2v) is 6.91. The summed E-state index contributed by atoms with van der Waals surface area (Å²) in [6.07, 6.45) is 0. The van der Waals surface area contributed by atoms with Crippen LogP contribution in [-0.4, -0.2) is 29.3 Å². The smallest absolute Gasteiger partial charge is 0.295 e. The third-order valence-corrected chi connectivity index (χ3v) is 4.56. The van der Waals surface area contributed by atoms with Gasteiger partial charge in [0.05, 0.1) is 9.82 Å². The normalized spacial score (nSPS) is 11.9. The Kier molecular flexibility index (Phi) is 4.43. The number of nitrogens with two attached hydrogens (primary N) is 1. The third-order valence-electron chi connectivity index (χ3n) is 3.63. The number of nitrogens with zero attached hydrogens (tertiary/aromatic N) is 3. The second kappa shape index (κ2) is 6.59. The van der Waals surface area contributed by atoms with Crippen molar-refractivity contribution in [1.29, 1.82) is 0 Å². The number of aromatic amines is 1. The Bertz CT molecular complexity index is 1200. The van der Waals surface area contributed by atoms with E-state index in [1.807, 2.05) is 0 Å². The van der Waals surface area contributed by atoms with Crippen molar-refractivity contribution in [2.75, 3.05) is 0 Å². The summed E-state index contributed by atoms with van der Waals surface area (Å²) in [7, 11) is -3.89. The average Bonchev–Trinajstić information content (AvgIpc) is 2.94. The number of primary sulfonamides is 1. The van der Waals surface area contributed by atoms with Gasteiger partial charge in [-0.1, -0.05) is 6.07 Å². The number of aromatic nitrogens is 1. The van der Waals surface area contributed by atoms with Crippen molar-refractivity contribution in [1.82, 2.24) is 4.98 Å². The van der Waals surface area contributed by atoms with E-state index in [-0.39, 0.29) is 32.7 Å². The monoisotopic (exact) mass is 389 g/mol. The van der Waals surface area contributed by atoms with E-state index in [2.05, 4.69) is 15.2 Å². The van der Waals surface area contributed by atoms with E-state index in [1.54, 1.807) is 0 Å². The highest BCUT2D eigenvalue weighted by atomic mass is 32.2. The summed E-state index contributed by atoms with van der Waals surface area (Å²) in [5.41, 5.74) is -0.326. The lowest BCUT2D eigenvalue weighted by Crippen LogP contribution is -2.12. The van der Waals surface area contributed by atoms with Gasteiger partial charge in [0.2, 0.25) is 15.9 Å². The van der Waals surface area contributed by atoms with Gasteiger partial charge in [-0.05, 0) is 30.3 Å². The van der Waals surface area contributed by atoms with Crippen molar-refractivity contribution in [3.8, 4) is 5.88 Å². The molecule has 0 atom stereocenters. The Morgan fingerprint density at radius 2 is 1.85 bits per heavy atom. The SMILES string of the molecule is NS(=O)(=O)c1ccc(C(=O)N=Nc2c(O)[nH]c3c([N+](=O)[O-])cccc23)cc1. The maximum absolute atomic E-state index is 12.1. The lowest BCUT2D eigenvalue weighted by atomic mass is 10.2. The Hall–Kier alpha value is -3.64. The molecule has 1 aromatic heterocycles. The van der Waals surface area contributed by atoms with E-state index < -0.39 is 26.7 Å². The molecule has 0 saturated carbocycles. The number of carbonyl (C=O) groups excluding carboxylic acids is 1. The highest BCUT2D eigenvalue weighted by molar-refractivity contribution is 7.89. The van der Waals surface area contributed by atoms with Crippen LogP contribution in [0.3, 0.4) is 0 Å². The van der Waals surface area contributed by atoms with Crippen LogP contribution in [0.25, 0.3) is 10.9 Å². The third kappa shape index (κ3) is 3.51. The number of amides is 1. The number of hydrogen-bond donors (Lipinski definition) is 3. The van der Waals surface area contributed by atoms with Crippen LogP contribution in [-0.2, 0) is 10.0 Å². The van der Waals surface area contributed by atoms with Gasteiger partial charge in [0.25, 0.3) is 11.6 Å². The number of aromatic hydroxyl groups is 1. The molecule has 0 aliphatic rings. The number of nitro benzene ring substituents is 1. The van der Waals surface area contributed by atoms with E-state index in [4.69, 9.17) is 5.14 Å². The number of nitro groups is 1. The van der Waals surface area contributed by atoms with Crippen LogP contribution in [0.2, 0.25) is 0 Å². The summed E-state index contributed by atoms with van der Waals surface area (Å²) in [5.74, 6) is -1.30. The van der Waals surface area contributed by atoms with Gasteiger partial charge in [0.1, 0.15) is 5.52 Å². The maximum Gasteiger partial charge on any atom is 0.295 e. The molecule has 3 aromatic rings. The first-order chi connectivity index (χ1) is 12.7. The highest BCUT2D eigenvalue weighted by Gasteiger charge is 2.19. The quantitative estimate of drug-likeness (QED) is 0.349. The van der Waals surface area contributed by atoms with Crippen molar-refractivity contribution in [2.24, 2.45) is 15.4 Å². The summed E-state index contributed by atoms with van der Waals surface area (Å²) in [6.45, 7) is 0. The molecule has 0 fully saturated rings. The predicted molar refractivity (Wildman–Crippen MR) is 93.3 cm³/mol. The van der Waals surface area contributed by atoms with Crippen molar-refractivity contribution >= 4 is 38.2 Å². The summed E-state index contributed by atoms with van der Waals surface area (Å²) >= 11 is 0. The van der Waals surface area contributed by atoms with E-state index in [0.717, 1.165) is 12.1 Å². The number of benzene rings is 2. The molecule has 1 heterocycles. The van der Waals surface area contributed by atoms with E-state index >= 15 is 0 Å². The molecule has 11 nitrogen and oxygen atoms in total. The largest absolute Gasteiger partial charge is 0.493 e. The number of carbonyl (C=O) groups is 1. The average molecular weight is 389 g/mol. The zero-order valence-electron chi connectivity index (χ0n) is 13.4. The van der Waals surface area contributed by atoms with Crippen LogP contribution in [0, 0.1) is 10.1 Å². The molecule has 0 aliphatic heterocycles. The van der Waals surface area contributed by atoms with Crippen LogP contribution in [0.1, 0.15) is 10.4 Å². The van der Waals surface area contributed by atoms with E-state index in [1.165, 1.54) is 30.3 Å². The Labute approximate surface area is 151 Å². The summed E-state index contributed by atoms with van der Waals surface area (Å²) in [6, 6.07) is 8.83. The van der Waals surface area contributed by atoms with Gasteiger partial charge in [-0.2, -0.15) is 0 Å². The van der Waals surface area contributed by atoms with Gasteiger partial charge in [0.15, 0.2) is 5.69 Å². The van der Waals surface area contributed by atoms with Gasteiger partial charge in [0, 0.05) is 17.0 Å². The number of rotatable bonds is 4. The van der Waals surface area contributed by atoms with Crippen LogP contribution in [0.15, 0.2) is 57.6 Å². The van der Waals surface area contributed by atoms with Gasteiger partial charge in [-0.3, -0.25) is 14.9 Å². The standard InChI is InChI=1S/C15H11N5O6S/c16-27(25,26)9-6-4-8(5-7-9)14(21)19-18-13-10-2-1-3-11(20(23)24)12(10)17-15(13)22/h1-7,17,22H,(H2,16,25,26). The van der Waals surface area contributed by atoms with Gasteiger partial charge in [-0.15, -0.1) is 10.2 Å². The number of sulfonamides is 1. The number of para-hydroxylation sites is 1. The summed E-state index contributed by atoms with van der Waals surface area (Å²) in [5, 5.41) is 33.3. The van der Waals surface area contributed by atoms with Crippen LogP contribution >= 0.6 is 0 Å². The fraction of sp³-hybridized carbons (Fsp3) is 0. The molecular formula is C15H11N5O6S. The number of H-pyrrole nitrogens is 1. The predicted octanol–water partition coefficient (Wildman–Crippen LogP) is 2.35. The van der Waals surface area contributed by atoms with Crippen LogP contribution in [0.5, 0.6) is 5.88 Å². The van der Waals surface area contributed by atoms with E-state index in [9.17, 15) is 28.4 Å². The molecule has 0 spiro atoms. The zero-order valence-corrected chi connectivity index (χ0v) is 14.2. The minimum Gasteiger partial charge on any atom is -0.493 e.